The molecule has 0 radical (unpaired) electrons. The van der Waals surface area contributed by atoms with Gasteiger partial charge in [-0.15, -0.1) is 0 Å². The lowest BCUT2D eigenvalue weighted by molar-refractivity contribution is -0.125. The second-order valence-electron chi connectivity index (χ2n) is 3.35. The summed E-state index contributed by atoms with van der Waals surface area (Å²) in [4.78, 5) is 32.9. The maximum Gasteiger partial charge on any atom is 0.269 e. The van der Waals surface area contributed by atoms with E-state index in [0.29, 0.717) is 0 Å². The molecule has 0 saturated heterocycles. The van der Waals surface area contributed by atoms with Crippen LogP contribution in [-0.4, -0.2) is 29.5 Å². The number of allylic oxidation sites excluding steroid dienone is 1. The maximum absolute atomic E-state index is 11.4. The highest BCUT2D eigenvalue weighted by Crippen LogP contribution is 1.96. The molecule has 0 aliphatic carbocycles. The third-order valence-electron chi connectivity index (χ3n) is 1.91. The summed E-state index contributed by atoms with van der Waals surface area (Å²) in [5.74, 6) is -2.08. The molecular formula is C10H16N4O3. The molecule has 94 valence electrons. The minimum Gasteiger partial charge on any atom is -0.370 e. The molecule has 0 saturated carbocycles. The summed E-state index contributed by atoms with van der Waals surface area (Å²) < 4.78 is 0. The SMILES string of the molecule is CC=CC(=N)C(=O)NC(CCC(N)=O)C(N)=O. The van der Waals surface area contributed by atoms with Crippen LogP contribution >= 0.6 is 0 Å². The Morgan fingerprint density at radius 2 is 1.94 bits per heavy atom. The highest BCUT2D eigenvalue weighted by Gasteiger charge is 2.19. The second-order valence-corrected chi connectivity index (χ2v) is 3.35. The van der Waals surface area contributed by atoms with Crippen LogP contribution in [0.3, 0.4) is 0 Å². The number of carbonyl (C=O) groups is 3. The molecule has 0 aromatic heterocycles. The third-order valence-corrected chi connectivity index (χ3v) is 1.91. The predicted octanol–water partition coefficient (Wildman–Crippen LogP) is -1.18. The smallest absolute Gasteiger partial charge is 0.269 e. The van der Waals surface area contributed by atoms with Gasteiger partial charge in [0.2, 0.25) is 11.8 Å². The summed E-state index contributed by atoms with van der Waals surface area (Å²) in [5, 5.41) is 9.56. The summed E-state index contributed by atoms with van der Waals surface area (Å²) in [7, 11) is 0. The van der Waals surface area contributed by atoms with E-state index in [1.54, 1.807) is 6.92 Å². The van der Waals surface area contributed by atoms with Crippen molar-refractivity contribution in [2.45, 2.75) is 25.8 Å². The van der Waals surface area contributed by atoms with Crippen LogP contribution in [0.1, 0.15) is 19.8 Å². The molecule has 0 aromatic carbocycles. The van der Waals surface area contributed by atoms with Gasteiger partial charge in [-0.05, 0) is 19.4 Å². The molecule has 6 N–H and O–H groups in total. The van der Waals surface area contributed by atoms with E-state index in [-0.39, 0.29) is 18.6 Å². The van der Waals surface area contributed by atoms with E-state index < -0.39 is 23.8 Å². The molecule has 17 heavy (non-hydrogen) atoms. The molecule has 0 aliphatic heterocycles. The fraction of sp³-hybridized carbons (Fsp3) is 0.400. The predicted molar refractivity (Wildman–Crippen MR) is 62.1 cm³/mol. The Bertz CT molecular complexity index is 363. The molecule has 0 fully saturated rings. The minimum absolute atomic E-state index is 0.0273. The first kappa shape index (κ1) is 14.8. The summed E-state index contributed by atoms with van der Waals surface area (Å²) >= 11 is 0. The Kier molecular flexibility index (Phi) is 6.24. The Morgan fingerprint density at radius 1 is 1.35 bits per heavy atom. The molecule has 3 amide bonds. The molecule has 0 aromatic rings. The van der Waals surface area contributed by atoms with Crippen molar-refractivity contribution in [2.75, 3.05) is 0 Å². The van der Waals surface area contributed by atoms with Gasteiger partial charge in [0, 0.05) is 6.42 Å². The van der Waals surface area contributed by atoms with Crippen molar-refractivity contribution in [1.29, 1.82) is 5.41 Å². The van der Waals surface area contributed by atoms with E-state index in [1.807, 2.05) is 0 Å². The van der Waals surface area contributed by atoms with Crippen LogP contribution in [0, 0.1) is 5.41 Å². The summed E-state index contributed by atoms with van der Waals surface area (Å²) in [6.07, 6.45) is 2.76. The van der Waals surface area contributed by atoms with Crippen molar-refractivity contribution in [1.82, 2.24) is 5.32 Å². The highest BCUT2D eigenvalue weighted by atomic mass is 16.2. The van der Waals surface area contributed by atoms with Gasteiger partial charge in [0.1, 0.15) is 11.8 Å². The van der Waals surface area contributed by atoms with Crippen molar-refractivity contribution < 1.29 is 14.4 Å². The lowest BCUT2D eigenvalue weighted by Gasteiger charge is -2.13. The zero-order valence-corrected chi connectivity index (χ0v) is 9.53. The third kappa shape index (κ3) is 6.08. The van der Waals surface area contributed by atoms with Crippen LogP contribution in [0.2, 0.25) is 0 Å². The van der Waals surface area contributed by atoms with Gasteiger partial charge in [-0.3, -0.25) is 19.8 Å². The zero-order valence-electron chi connectivity index (χ0n) is 9.53. The number of amides is 3. The number of hydrogen-bond acceptors (Lipinski definition) is 4. The first-order valence-corrected chi connectivity index (χ1v) is 4.98. The van der Waals surface area contributed by atoms with Gasteiger partial charge in [0.15, 0.2) is 0 Å². The van der Waals surface area contributed by atoms with Crippen LogP contribution in [0.4, 0.5) is 0 Å². The first-order valence-electron chi connectivity index (χ1n) is 4.98. The summed E-state index contributed by atoms with van der Waals surface area (Å²) in [6, 6.07) is -0.999. The summed E-state index contributed by atoms with van der Waals surface area (Å²) in [5.41, 5.74) is 9.68. The monoisotopic (exact) mass is 240 g/mol. The molecular weight excluding hydrogens is 224 g/mol. The van der Waals surface area contributed by atoms with Gasteiger partial charge in [0.05, 0.1) is 0 Å². The van der Waals surface area contributed by atoms with E-state index in [1.165, 1.54) is 12.2 Å². The van der Waals surface area contributed by atoms with Gasteiger partial charge in [0.25, 0.3) is 5.91 Å². The van der Waals surface area contributed by atoms with Crippen molar-refractivity contribution in [3.05, 3.63) is 12.2 Å². The van der Waals surface area contributed by atoms with E-state index >= 15 is 0 Å². The van der Waals surface area contributed by atoms with E-state index in [9.17, 15) is 14.4 Å². The van der Waals surface area contributed by atoms with Crippen LogP contribution in [0.15, 0.2) is 12.2 Å². The second kappa shape index (κ2) is 7.15. The van der Waals surface area contributed by atoms with Gasteiger partial charge < -0.3 is 16.8 Å². The first-order chi connectivity index (χ1) is 7.88. The van der Waals surface area contributed by atoms with Crippen molar-refractivity contribution in [3.8, 4) is 0 Å². The number of carbonyl (C=O) groups excluding carboxylic acids is 3. The average Bonchev–Trinajstić information content (AvgIpc) is 2.23. The molecule has 0 spiro atoms. The molecule has 0 heterocycles. The normalized spacial score (nSPS) is 12.1. The molecule has 7 nitrogen and oxygen atoms in total. The quantitative estimate of drug-likeness (QED) is 0.416. The molecule has 7 heteroatoms. The Morgan fingerprint density at radius 3 is 2.35 bits per heavy atom. The van der Waals surface area contributed by atoms with Gasteiger partial charge >= 0.3 is 0 Å². The van der Waals surface area contributed by atoms with Crippen molar-refractivity contribution in [2.24, 2.45) is 11.5 Å². The number of nitrogens with one attached hydrogen (secondary N) is 2. The maximum atomic E-state index is 11.4. The lowest BCUT2D eigenvalue weighted by Crippen LogP contribution is -2.46. The topological polar surface area (TPSA) is 139 Å². The van der Waals surface area contributed by atoms with Crippen LogP contribution in [-0.2, 0) is 14.4 Å². The van der Waals surface area contributed by atoms with Gasteiger partial charge in [-0.2, -0.15) is 0 Å². The van der Waals surface area contributed by atoms with E-state index in [4.69, 9.17) is 16.9 Å². The standard InChI is InChI=1S/C10H16N4O3/c1-2-3-6(11)10(17)14-7(9(13)16)4-5-8(12)15/h2-3,7,11H,4-5H2,1H3,(H2,12,15)(H2,13,16)(H,14,17). The average molecular weight is 240 g/mol. The Balaban J connectivity index is 4.44. The van der Waals surface area contributed by atoms with Crippen LogP contribution in [0.25, 0.3) is 0 Å². The van der Waals surface area contributed by atoms with Crippen LogP contribution in [0.5, 0.6) is 0 Å². The minimum atomic E-state index is -0.999. The fourth-order valence-electron chi connectivity index (χ4n) is 1.05. The van der Waals surface area contributed by atoms with E-state index in [0.717, 1.165) is 0 Å². The highest BCUT2D eigenvalue weighted by molar-refractivity contribution is 6.42. The number of rotatable bonds is 7. The van der Waals surface area contributed by atoms with Crippen LogP contribution < -0.4 is 16.8 Å². The van der Waals surface area contributed by atoms with Crippen molar-refractivity contribution >= 4 is 23.4 Å². The van der Waals surface area contributed by atoms with Gasteiger partial charge in [-0.25, -0.2) is 0 Å². The number of hydrogen-bond donors (Lipinski definition) is 4. The molecule has 0 aliphatic rings. The van der Waals surface area contributed by atoms with Crippen molar-refractivity contribution in [3.63, 3.8) is 0 Å². The molecule has 1 atom stereocenters. The lowest BCUT2D eigenvalue weighted by atomic mass is 10.1. The Labute approximate surface area is 98.7 Å². The molecule has 0 rings (SSSR count). The molecule has 0 bridgehead atoms. The number of primary amides is 2. The summed E-state index contributed by atoms with van der Waals surface area (Å²) in [6.45, 7) is 1.65. The Hall–Kier alpha value is -2.18. The molecule has 1 unspecified atom stereocenters. The number of nitrogens with two attached hydrogens (primary N) is 2. The largest absolute Gasteiger partial charge is 0.370 e. The zero-order chi connectivity index (χ0) is 13.4. The fourth-order valence-corrected chi connectivity index (χ4v) is 1.05. The van der Waals surface area contributed by atoms with Gasteiger partial charge in [-0.1, -0.05) is 6.08 Å². The van der Waals surface area contributed by atoms with E-state index in [2.05, 4.69) is 5.32 Å².